The molecule has 0 radical (unpaired) electrons. The van der Waals surface area contributed by atoms with E-state index < -0.39 is 66.9 Å². The maximum atomic E-state index is 13.8. The highest BCUT2D eigenvalue weighted by molar-refractivity contribution is 14.1. The molecule has 0 unspecified atom stereocenters. The first-order valence-corrected chi connectivity index (χ1v) is 11.3. The summed E-state index contributed by atoms with van der Waals surface area (Å²) in [6.45, 7) is 0. The molecule has 1 aromatic rings. The molecule has 0 amide bonds. The van der Waals surface area contributed by atoms with E-state index in [1.165, 1.54) is 0 Å². The Morgan fingerprint density at radius 1 is 0.447 bits per heavy atom. The first-order chi connectivity index (χ1) is 16.7. The maximum absolute atomic E-state index is 13.8. The minimum absolute atomic E-state index is 0.0109. The smallest absolute Gasteiger partial charge is 0.200 e. The second-order valence-electron chi connectivity index (χ2n) is 8.19. The molecular weight excluding hydrogens is 690 g/mol. The zero-order chi connectivity index (χ0) is 30.2. The van der Waals surface area contributed by atoms with Gasteiger partial charge >= 0.3 is 47.6 Å². The molecule has 0 spiro atoms. The largest absolute Gasteiger partial charge is 0.460 e. The van der Waals surface area contributed by atoms with Crippen molar-refractivity contribution in [3.63, 3.8) is 0 Å². The molecule has 0 fully saturated rings. The fourth-order valence-corrected chi connectivity index (χ4v) is 3.39. The van der Waals surface area contributed by atoms with Crippen LogP contribution in [-0.2, 0) is 6.42 Å². The molecule has 0 N–H and O–H groups in total. The standard InChI is InChI=1S/C20H16F17I/c21-13(22,10-4-2-1-3-5-11-6-8-12(38)9-7-11)14(23,24)15(25,26)16(27,28)17(29,30)18(31,32)19(33,34)20(35,36)37/h6-9H,1-5,10H2. The van der Waals surface area contributed by atoms with Gasteiger partial charge in [-0.25, -0.2) is 0 Å². The molecule has 0 nitrogen and oxygen atoms in total. The van der Waals surface area contributed by atoms with Crippen molar-refractivity contribution >= 4 is 22.6 Å². The lowest BCUT2D eigenvalue weighted by molar-refractivity contribution is -0.461. The average Bonchev–Trinajstić information content (AvgIpc) is 2.75. The van der Waals surface area contributed by atoms with E-state index in [4.69, 9.17) is 0 Å². The maximum Gasteiger partial charge on any atom is 0.460 e. The summed E-state index contributed by atoms with van der Waals surface area (Å²) in [6.07, 6.45) is -11.0. The lowest BCUT2D eigenvalue weighted by Crippen LogP contribution is -2.74. The summed E-state index contributed by atoms with van der Waals surface area (Å²) in [5.74, 6) is -55.8. The van der Waals surface area contributed by atoms with Crippen LogP contribution in [-0.4, -0.2) is 47.6 Å². The van der Waals surface area contributed by atoms with Gasteiger partial charge in [0, 0.05) is 9.99 Å². The highest BCUT2D eigenvalue weighted by Crippen LogP contribution is 2.64. The zero-order valence-electron chi connectivity index (χ0n) is 18.4. The zero-order valence-corrected chi connectivity index (χ0v) is 20.5. The van der Waals surface area contributed by atoms with Crippen molar-refractivity contribution in [3.8, 4) is 0 Å². The van der Waals surface area contributed by atoms with E-state index >= 15 is 0 Å². The van der Waals surface area contributed by atoms with Crippen molar-refractivity contribution in [1.82, 2.24) is 0 Å². The Labute approximate surface area is 217 Å². The molecule has 0 aromatic heterocycles. The monoisotopic (exact) mass is 706 g/mol. The van der Waals surface area contributed by atoms with Gasteiger partial charge in [0.1, 0.15) is 0 Å². The van der Waals surface area contributed by atoms with Crippen LogP contribution in [0.15, 0.2) is 24.3 Å². The first-order valence-electron chi connectivity index (χ1n) is 10.2. The third kappa shape index (κ3) is 5.93. The summed E-state index contributed by atoms with van der Waals surface area (Å²) in [6, 6.07) is 6.83. The SMILES string of the molecule is FC(F)(F)C(F)(F)C(F)(F)C(F)(F)C(F)(F)C(F)(F)C(F)(F)C(F)(F)CCCCCCc1ccc(I)cc1. The number of hydrogen-bond acceptors (Lipinski definition) is 0. The van der Waals surface area contributed by atoms with Gasteiger partial charge in [0.15, 0.2) is 0 Å². The van der Waals surface area contributed by atoms with E-state index in [1.807, 2.05) is 22.6 Å². The van der Waals surface area contributed by atoms with Gasteiger partial charge in [-0.2, -0.15) is 74.6 Å². The fourth-order valence-electron chi connectivity index (χ4n) is 3.03. The lowest BCUT2D eigenvalue weighted by Gasteiger charge is -2.42. The molecule has 0 bridgehead atoms. The fraction of sp³-hybridized carbons (Fsp3) is 0.700. The summed E-state index contributed by atoms with van der Waals surface area (Å²) in [5.41, 5.74) is 0.776. The van der Waals surface area contributed by atoms with Gasteiger partial charge in [-0.3, -0.25) is 0 Å². The molecule has 18 heteroatoms. The van der Waals surface area contributed by atoms with Gasteiger partial charge in [0.25, 0.3) is 0 Å². The second kappa shape index (κ2) is 11.0. The Morgan fingerprint density at radius 3 is 1.24 bits per heavy atom. The van der Waals surface area contributed by atoms with Crippen LogP contribution >= 0.6 is 22.6 Å². The third-order valence-corrected chi connectivity index (χ3v) is 6.13. The van der Waals surface area contributed by atoms with Gasteiger partial charge in [-0.1, -0.05) is 25.0 Å². The van der Waals surface area contributed by atoms with E-state index in [9.17, 15) is 74.6 Å². The molecule has 222 valence electrons. The summed E-state index contributed by atoms with van der Waals surface area (Å²) in [5, 5.41) is 0. The number of aryl methyl sites for hydroxylation is 1. The van der Waals surface area contributed by atoms with Crippen LogP contribution in [0.5, 0.6) is 0 Å². The van der Waals surface area contributed by atoms with Crippen molar-refractivity contribution in [3.05, 3.63) is 33.4 Å². The van der Waals surface area contributed by atoms with Crippen LogP contribution in [0, 0.1) is 3.57 Å². The van der Waals surface area contributed by atoms with Crippen molar-refractivity contribution < 1.29 is 74.6 Å². The number of rotatable bonds is 13. The second-order valence-corrected chi connectivity index (χ2v) is 9.43. The molecule has 1 aromatic carbocycles. The molecule has 0 saturated carbocycles. The van der Waals surface area contributed by atoms with E-state index in [0.717, 1.165) is 9.13 Å². The average molecular weight is 706 g/mol. The number of alkyl halides is 17. The Bertz CT molecular complexity index is 918. The summed E-state index contributed by atoms with van der Waals surface area (Å²) in [7, 11) is 0. The number of unbranched alkanes of at least 4 members (excludes halogenated alkanes) is 3. The van der Waals surface area contributed by atoms with Crippen LogP contribution in [0.1, 0.15) is 37.7 Å². The van der Waals surface area contributed by atoms with E-state index in [-0.39, 0.29) is 12.8 Å². The molecular formula is C20H16F17I. The highest BCUT2D eigenvalue weighted by atomic mass is 127. The van der Waals surface area contributed by atoms with Crippen LogP contribution < -0.4 is 0 Å². The predicted octanol–water partition coefficient (Wildman–Crippen LogP) is 9.79. The summed E-state index contributed by atoms with van der Waals surface area (Å²) in [4.78, 5) is 0. The van der Waals surface area contributed by atoms with Crippen LogP contribution in [0.2, 0.25) is 0 Å². The van der Waals surface area contributed by atoms with Crippen molar-refractivity contribution in [2.45, 2.75) is 86.2 Å². The van der Waals surface area contributed by atoms with Gasteiger partial charge in [-0.15, -0.1) is 0 Å². The topological polar surface area (TPSA) is 0 Å². The minimum Gasteiger partial charge on any atom is -0.200 e. The van der Waals surface area contributed by atoms with Gasteiger partial charge in [0.05, 0.1) is 0 Å². The molecule has 0 aliphatic carbocycles. The Balaban J connectivity index is 3.04. The van der Waals surface area contributed by atoms with E-state index in [0.29, 0.717) is 6.42 Å². The van der Waals surface area contributed by atoms with Crippen molar-refractivity contribution in [2.24, 2.45) is 0 Å². The normalized spacial score (nSPS) is 15.2. The predicted molar refractivity (Wildman–Crippen MR) is 107 cm³/mol. The highest BCUT2D eigenvalue weighted by Gasteiger charge is 2.95. The summed E-state index contributed by atoms with van der Waals surface area (Å²) < 4.78 is 226. The number of halogens is 18. The molecule has 38 heavy (non-hydrogen) atoms. The molecule has 0 aliphatic rings. The summed E-state index contributed by atoms with van der Waals surface area (Å²) >= 11 is 2.00. The van der Waals surface area contributed by atoms with Crippen LogP contribution in [0.3, 0.4) is 0 Å². The molecule has 1 rings (SSSR count). The molecule has 0 atom stereocenters. The van der Waals surface area contributed by atoms with E-state index in [1.54, 1.807) is 24.3 Å². The Kier molecular flexibility index (Phi) is 10.0. The van der Waals surface area contributed by atoms with Crippen molar-refractivity contribution in [1.29, 1.82) is 0 Å². The van der Waals surface area contributed by atoms with Gasteiger partial charge in [-0.05, 0) is 59.5 Å². The Hall–Kier alpha value is -1.24. The van der Waals surface area contributed by atoms with Crippen LogP contribution in [0.4, 0.5) is 74.6 Å². The molecule has 0 saturated heterocycles. The van der Waals surface area contributed by atoms with Crippen molar-refractivity contribution in [2.75, 3.05) is 0 Å². The first kappa shape index (κ1) is 34.8. The molecule has 0 aliphatic heterocycles. The van der Waals surface area contributed by atoms with Crippen LogP contribution in [0.25, 0.3) is 0 Å². The number of benzene rings is 1. The van der Waals surface area contributed by atoms with Gasteiger partial charge in [0.2, 0.25) is 0 Å². The quantitative estimate of drug-likeness (QED) is 0.109. The van der Waals surface area contributed by atoms with Gasteiger partial charge < -0.3 is 0 Å². The van der Waals surface area contributed by atoms with E-state index in [2.05, 4.69) is 0 Å². The molecule has 0 heterocycles. The lowest BCUT2D eigenvalue weighted by atomic mass is 9.87. The number of hydrogen-bond donors (Lipinski definition) is 0. The Morgan fingerprint density at radius 2 is 0.816 bits per heavy atom. The third-order valence-electron chi connectivity index (χ3n) is 5.41. The minimum atomic E-state index is -8.59.